The molecule has 0 aliphatic rings. The second-order valence-electron chi connectivity index (χ2n) is 4.92. The van der Waals surface area contributed by atoms with E-state index in [1.54, 1.807) is 6.07 Å². The first-order valence-corrected chi connectivity index (χ1v) is 7.69. The quantitative estimate of drug-likeness (QED) is 0.591. The third-order valence-corrected chi connectivity index (χ3v) is 4.03. The average Bonchev–Trinajstić information content (AvgIpc) is 2.44. The van der Waals surface area contributed by atoms with Gasteiger partial charge in [0.25, 0.3) is 0 Å². The molecule has 0 bridgehead atoms. The number of halogens is 2. The Morgan fingerprint density at radius 2 is 1.95 bits per heavy atom. The maximum absolute atomic E-state index is 13.6. The van der Waals surface area contributed by atoms with Crippen molar-refractivity contribution in [3.8, 4) is 0 Å². The fraction of sp³-hybridized carbons (Fsp3) is 0.250. The summed E-state index contributed by atoms with van der Waals surface area (Å²) in [5.74, 6) is -0.238. The zero-order valence-electron chi connectivity index (χ0n) is 11.4. The number of anilines is 2. The van der Waals surface area contributed by atoms with Gasteiger partial charge in [0, 0.05) is 12.1 Å². The smallest absolute Gasteiger partial charge is 0.138 e. The van der Waals surface area contributed by atoms with E-state index in [0.717, 1.165) is 12.8 Å². The molecule has 0 amide bonds. The Balaban J connectivity index is 1.95. The van der Waals surface area contributed by atoms with Crippen LogP contribution in [0.25, 0.3) is 0 Å². The summed E-state index contributed by atoms with van der Waals surface area (Å²) in [7, 11) is 0. The minimum absolute atomic E-state index is 0.233. The molecule has 20 heavy (non-hydrogen) atoms. The summed E-state index contributed by atoms with van der Waals surface area (Å²) in [4.78, 5) is 0. The monoisotopic (exact) mass is 384 g/mol. The zero-order valence-corrected chi connectivity index (χ0v) is 13.5. The van der Waals surface area contributed by atoms with E-state index >= 15 is 0 Å². The molecule has 3 N–H and O–H groups in total. The molecule has 2 aromatic rings. The molecule has 0 spiro atoms. The first-order valence-electron chi connectivity index (χ1n) is 6.61. The van der Waals surface area contributed by atoms with Gasteiger partial charge in [-0.1, -0.05) is 30.3 Å². The van der Waals surface area contributed by atoms with Gasteiger partial charge in [-0.3, -0.25) is 0 Å². The largest absolute Gasteiger partial charge is 0.397 e. The minimum atomic E-state index is -0.238. The van der Waals surface area contributed by atoms with Crippen molar-refractivity contribution in [1.82, 2.24) is 0 Å². The van der Waals surface area contributed by atoms with Crippen LogP contribution in [-0.2, 0) is 6.42 Å². The normalized spacial score (nSPS) is 12.2. The van der Waals surface area contributed by atoms with Gasteiger partial charge in [0.05, 0.1) is 14.9 Å². The predicted octanol–water partition coefficient (Wildman–Crippen LogP) is 4.45. The van der Waals surface area contributed by atoms with Gasteiger partial charge in [-0.05, 0) is 54.0 Å². The van der Waals surface area contributed by atoms with Crippen LogP contribution in [-0.4, -0.2) is 6.04 Å². The highest BCUT2D eigenvalue weighted by Gasteiger charge is 2.09. The van der Waals surface area contributed by atoms with Crippen LogP contribution in [0, 0.1) is 9.39 Å². The molecule has 1 atom stereocenters. The van der Waals surface area contributed by atoms with Gasteiger partial charge in [-0.25, -0.2) is 4.39 Å². The molecule has 0 saturated heterocycles. The van der Waals surface area contributed by atoms with Crippen molar-refractivity contribution in [2.45, 2.75) is 25.8 Å². The summed E-state index contributed by atoms with van der Waals surface area (Å²) in [5, 5.41) is 3.28. The summed E-state index contributed by atoms with van der Waals surface area (Å²) in [6.45, 7) is 2.08. The molecule has 2 nitrogen and oxygen atoms in total. The van der Waals surface area contributed by atoms with Crippen LogP contribution in [0.3, 0.4) is 0 Å². The van der Waals surface area contributed by atoms with Gasteiger partial charge >= 0.3 is 0 Å². The maximum atomic E-state index is 13.6. The highest BCUT2D eigenvalue weighted by Crippen LogP contribution is 2.25. The number of nitrogens with one attached hydrogen (secondary N) is 1. The molecule has 2 aromatic carbocycles. The first kappa shape index (κ1) is 15.1. The Labute approximate surface area is 132 Å². The minimum Gasteiger partial charge on any atom is -0.397 e. The van der Waals surface area contributed by atoms with E-state index in [2.05, 4.69) is 24.4 Å². The molecule has 0 saturated carbocycles. The Morgan fingerprint density at radius 3 is 2.65 bits per heavy atom. The summed E-state index contributed by atoms with van der Waals surface area (Å²) in [5.41, 5.74) is 8.48. The molecule has 0 heterocycles. The van der Waals surface area contributed by atoms with Crippen LogP contribution in [0.2, 0.25) is 0 Å². The topological polar surface area (TPSA) is 38.0 Å². The zero-order chi connectivity index (χ0) is 14.5. The summed E-state index contributed by atoms with van der Waals surface area (Å²) < 4.78 is 14.1. The fourth-order valence-corrected chi connectivity index (χ4v) is 2.54. The van der Waals surface area contributed by atoms with E-state index < -0.39 is 0 Å². The molecule has 0 aromatic heterocycles. The van der Waals surface area contributed by atoms with Gasteiger partial charge in [-0.2, -0.15) is 0 Å². The molecule has 106 valence electrons. The van der Waals surface area contributed by atoms with Gasteiger partial charge in [0.1, 0.15) is 5.82 Å². The fourth-order valence-electron chi connectivity index (χ4n) is 2.05. The van der Waals surface area contributed by atoms with Crippen molar-refractivity contribution < 1.29 is 4.39 Å². The SMILES string of the molecule is CC(CCc1ccccc1)Nc1cc(F)c(I)cc1N. The Kier molecular flexibility index (Phi) is 5.23. The van der Waals surface area contributed by atoms with Gasteiger partial charge in [0.15, 0.2) is 0 Å². The lowest BCUT2D eigenvalue weighted by Gasteiger charge is -2.17. The number of hydrogen-bond donors (Lipinski definition) is 2. The first-order chi connectivity index (χ1) is 9.56. The Morgan fingerprint density at radius 1 is 1.25 bits per heavy atom. The molecule has 0 aliphatic carbocycles. The van der Waals surface area contributed by atoms with Crippen LogP contribution >= 0.6 is 22.6 Å². The molecule has 4 heteroatoms. The highest BCUT2D eigenvalue weighted by atomic mass is 127. The number of rotatable bonds is 5. The van der Waals surface area contributed by atoms with E-state index in [4.69, 9.17) is 5.73 Å². The third kappa shape index (κ3) is 4.10. The molecule has 1 unspecified atom stereocenters. The van der Waals surface area contributed by atoms with Crippen molar-refractivity contribution in [3.05, 3.63) is 57.4 Å². The van der Waals surface area contributed by atoms with Gasteiger partial charge in [-0.15, -0.1) is 0 Å². The molecule has 0 fully saturated rings. The molecule has 0 aliphatic heterocycles. The lowest BCUT2D eigenvalue weighted by Crippen LogP contribution is -2.17. The van der Waals surface area contributed by atoms with E-state index in [9.17, 15) is 4.39 Å². The van der Waals surface area contributed by atoms with Gasteiger partial charge in [0.2, 0.25) is 0 Å². The third-order valence-electron chi connectivity index (χ3n) is 3.20. The van der Waals surface area contributed by atoms with Crippen molar-refractivity contribution in [2.75, 3.05) is 11.1 Å². The highest BCUT2D eigenvalue weighted by molar-refractivity contribution is 14.1. The number of nitrogens with two attached hydrogens (primary N) is 1. The molecular weight excluding hydrogens is 366 g/mol. The predicted molar refractivity (Wildman–Crippen MR) is 91.4 cm³/mol. The second kappa shape index (κ2) is 6.92. The van der Waals surface area contributed by atoms with Crippen LogP contribution in [0.4, 0.5) is 15.8 Å². The van der Waals surface area contributed by atoms with Crippen molar-refractivity contribution in [1.29, 1.82) is 0 Å². The van der Waals surface area contributed by atoms with E-state index in [0.29, 0.717) is 14.9 Å². The van der Waals surface area contributed by atoms with Crippen LogP contribution in [0.5, 0.6) is 0 Å². The molecule has 2 rings (SSSR count). The van der Waals surface area contributed by atoms with E-state index in [1.165, 1.54) is 11.6 Å². The van der Waals surface area contributed by atoms with Crippen LogP contribution in [0.1, 0.15) is 18.9 Å². The summed E-state index contributed by atoms with van der Waals surface area (Å²) in [6, 6.07) is 13.7. The number of benzene rings is 2. The van der Waals surface area contributed by atoms with Crippen LogP contribution in [0.15, 0.2) is 42.5 Å². The number of hydrogen-bond acceptors (Lipinski definition) is 2. The van der Waals surface area contributed by atoms with Crippen molar-refractivity contribution >= 4 is 34.0 Å². The lowest BCUT2D eigenvalue weighted by molar-refractivity contribution is 0.620. The second-order valence-corrected chi connectivity index (χ2v) is 6.09. The molecule has 0 radical (unpaired) electrons. The van der Waals surface area contributed by atoms with Gasteiger partial charge < -0.3 is 11.1 Å². The van der Waals surface area contributed by atoms with E-state index in [-0.39, 0.29) is 11.9 Å². The van der Waals surface area contributed by atoms with Crippen molar-refractivity contribution in [2.24, 2.45) is 0 Å². The average molecular weight is 384 g/mol. The lowest BCUT2D eigenvalue weighted by atomic mass is 10.1. The van der Waals surface area contributed by atoms with E-state index in [1.807, 2.05) is 40.8 Å². The van der Waals surface area contributed by atoms with Crippen molar-refractivity contribution in [3.63, 3.8) is 0 Å². The number of nitrogen functional groups attached to an aromatic ring is 1. The Hall–Kier alpha value is -1.30. The maximum Gasteiger partial charge on any atom is 0.138 e. The number of aryl methyl sites for hydroxylation is 1. The summed E-state index contributed by atoms with van der Waals surface area (Å²) in [6.07, 6.45) is 1.96. The Bertz CT molecular complexity index is 572. The standard InChI is InChI=1S/C16H18FIN2/c1-11(7-8-12-5-3-2-4-6-12)20-16-9-13(17)14(18)10-15(16)19/h2-6,9-11,20H,7-8,19H2,1H3. The molecular formula is C16H18FIN2. The van der Waals surface area contributed by atoms with Crippen LogP contribution < -0.4 is 11.1 Å². The summed E-state index contributed by atoms with van der Waals surface area (Å²) >= 11 is 1.94.